The number of hydrogen-bond donors (Lipinski definition) is 3. The van der Waals surface area contributed by atoms with Gasteiger partial charge in [-0.15, -0.1) is 0 Å². The van der Waals surface area contributed by atoms with Crippen molar-refractivity contribution in [2.24, 2.45) is 0 Å². The van der Waals surface area contributed by atoms with E-state index in [2.05, 4.69) is 15.6 Å². The number of amides is 2. The number of nitrogens with zero attached hydrogens (tertiary/aromatic N) is 1. The van der Waals surface area contributed by atoms with Gasteiger partial charge in [-0.2, -0.15) is 0 Å². The third-order valence-electron chi connectivity index (χ3n) is 2.79. The molecule has 2 amide bonds. The van der Waals surface area contributed by atoms with Gasteiger partial charge in [0, 0.05) is 18.3 Å². The summed E-state index contributed by atoms with van der Waals surface area (Å²) in [5.74, 6) is -0.543. The molecule has 1 aromatic carbocycles. The third kappa shape index (κ3) is 3.79. The van der Waals surface area contributed by atoms with Crippen molar-refractivity contribution in [3.8, 4) is 11.1 Å². The zero-order valence-electron chi connectivity index (χ0n) is 11.5. The lowest BCUT2D eigenvalue weighted by Gasteiger charge is -2.06. The Labute approximate surface area is 121 Å². The minimum Gasteiger partial charge on any atom is -0.478 e. The molecule has 1 aromatic heterocycles. The smallest absolute Gasteiger partial charge is 0.335 e. The lowest BCUT2D eigenvalue weighted by Crippen LogP contribution is -2.28. The quantitative estimate of drug-likeness (QED) is 0.805. The van der Waals surface area contributed by atoms with Gasteiger partial charge >= 0.3 is 12.0 Å². The number of anilines is 1. The van der Waals surface area contributed by atoms with E-state index in [1.54, 1.807) is 36.5 Å². The first-order chi connectivity index (χ1) is 10.1. The van der Waals surface area contributed by atoms with E-state index in [1.165, 1.54) is 6.07 Å². The zero-order chi connectivity index (χ0) is 15.2. The van der Waals surface area contributed by atoms with E-state index >= 15 is 0 Å². The number of carbonyl (C=O) groups is 2. The summed E-state index contributed by atoms with van der Waals surface area (Å²) in [5.41, 5.74) is 1.75. The number of aromatic nitrogens is 1. The van der Waals surface area contributed by atoms with Gasteiger partial charge in [-0.1, -0.05) is 12.1 Å². The number of pyridine rings is 1. The third-order valence-corrected chi connectivity index (χ3v) is 2.79. The molecule has 3 N–H and O–H groups in total. The van der Waals surface area contributed by atoms with Gasteiger partial charge in [0.15, 0.2) is 0 Å². The molecular formula is C15H15N3O3. The largest absolute Gasteiger partial charge is 0.478 e. The molecule has 0 aliphatic rings. The summed E-state index contributed by atoms with van der Waals surface area (Å²) in [6.07, 6.45) is 1.59. The number of carboxylic acid groups (broad SMARTS) is 1. The maximum absolute atomic E-state index is 11.4. The average Bonchev–Trinajstić information content (AvgIpc) is 2.48. The molecule has 0 bridgehead atoms. The molecule has 0 spiro atoms. The number of aromatic carboxylic acids is 1. The standard InChI is InChI=1S/C15H15N3O3/c1-2-16-15(21)18-13-7-6-12(9-17-13)10-4-3-5-11(8-10)14(19)20/h3-9H,2H2,1H3,(H,19,20)(H2,16,17,18,21). The van der Waals surface area contributed by atoms with E-state index in [-0.39, 0.29) is 11.6 Å². The van der Waals surface area contributed by atoms with Gasteiger partial charge in [-0.05, 0) is 36.8 Å². The van der Waals surface area contributed by atoms with Crippen LogP contribution in [0.25, 0.3) is 11.1 Å². The van der Waals surface area contributed by atoms with Gasteiger partial charge in [0.2, 0.25) is 0 Å². The first kappa shape index (κ1) is 14.5. The van der Waals surface area contributed by atoms with Crippen LogP contribution in [0, 0.1) is 0 Å². The molecule has 0 saturated carbocycles. The summed E-state index contributed by atoms with van der Waals surface area (Å²) >= 11 is 0. The molecule has 6 heteroatoms. The van der Waals surface area contributed by atoms with E-state index in [4.69, 9.17) is 5.11 Å². The maximum atomic E-state index is 11.4. The van der Waals surface area contributed by atoms with Crippen molar-refractivity contribution >= 4 is 17.8 Å². The highest BCUT2D eigenvalue weighted by Gasteiger charge is 2.06. The zero-order valence-corrected chi connectivity index (χ0v) is 11.5. The van der Waals surface area contributed by atoms with E-state index in [0.29, 0.717) is 12.4 Å². The van der Waals surface area contributed by atoms with Gasteiger partial charge in [0.25, 0.3) is 0 Å². The van der Waals surface area contributed by atoms with Crippen molar-refractivity contribution in [1.29, 1.82) is 0 Å². The SMILES string of the molecule is CCNC(=O)Nc1ccc(-c2cccc(C(=O)O)c2)cn1. The average molecular weight is 285 g/mol. The normalized spacial score (nSPS) is 9.95. The molecule has 2 rings (SSSR count). The summed E-state index contributed by atoms with van der Waals surface area (Å²) in [5, 5.41) is 14.2. The maximum Gasteiger partial charge on any atom is 0.335 e. The summed E-state index contributed by atoms with van der Waals surface area (Å²) in [6, 6.07) is 9.72. The van der Waals surface area contributed by atoms with Crippen LogP contribution in [0.4, 0.5) is 10.6 Å². The van der Waals surface area contributed by atoms with Crippen molar-refractivity contribution < 1.29 is 14.7 Å². The van der Waals surface area contributed by atoms with Crippen LogP contribution in [0.15, 0.2) is 42.6 Å². The lowest BCUT2D eigenvalue weighted by atomic mass is 10.0. The van der Waals surface area contributed by atoms with E-state index in [1.807, 2.05) is 6.92 Å². The Bertz CT molecular complexity index is 653. The van der Waals surface area contributed by atoms with Crippen molar-refractivity contribution in [2.75, 3.05) is 11.9 Å². The summed E-state index contributed by atoms with van der Waals surface area (Å²) in [6.45, 7) is 2.36. The molecule has 0 fully saturated rings. The van der Waals surface area contributed by atoms with Crippen molar-refractivity contribution in [3.63, 3.8) is 0 Å². The number of nitrogens with one attached hydrogen (secondary N) is 2. The highest BCUT2D eigenvalue weighted by molar-refractivity contribution is 5.90. The van der Waals surface area contributed by atoms with Crippen LogP contribution >= 0.6 is 0 Å². The van der Waals surface area contributed by atoms with Crippen LogP contribution < -0.4 is 10.6 Å². The van der Waals surface area contributed by atoms with Crippen LogP contribution in [0.5, 0.6) is 0 Å². The Balaban J connectivity index is 2.17. The van der Waals surface area contributed by atoms with Crippen LogP contribution in [0.2, 0.25) is 0 Å². The molecule has 6 nitrogen and oxygen atoms in total. The molecule has 0 saturated heterocycles. The first-order valence-corrected chi connectivity index (χ1v) is 6.45. The molecule has 0 unspecified atom stereocenters. The molecule has 0 radical (unpaired) electrons. The number of urea groups is 1. The van der Waals surface area contributed by atoms with Gasteiger partial charge in [-0.3, -0.25) is 5.32 Å². The minimum absolute atomic E-state index is 0.219. The first-order valence-electron chi connectivity index (χ1n) is 6.45. The Kier molecular flexibility index (Phi) is 4.50. The number of carbonyl (C=O) groups excluding carboxylic acids is 1. The number of carboxylic acids is 1. The van der Waals surface area contributed by atoms with Crippen LogP contribution in [0.1, 0.15) is 17.3 Å². The van der Waals surface area contributed by atoms with Gasteiger partial charge in [0.1, 0.15) is 5.82 Å². The molecule has 2 aromatic rings. The van der Waals surface area contributed by atoms with Gasteiger partial charge in [0.05, 0.1) is 5.56 Å². The monoisotopic (exact) mass is 285 g/mol. The molecule has 108 valence electrons. The lowest BCUT2D eigenvalue weighted by molar-refractivity contribution is 0.0697. The number of benzene rings is 1. The van der Waals surface area contributed by atoms with Crippen LogP contribution in [-0.4, -0.2) is 28.6 Å². The molecule has 21 heavy (non-hydrogen) atoms. The van der Waals surface area contributed by atoms with Crippen molar-refractivity contribution in [1.82, 2.24) is 10.3 Å². The Morgan fingerprint density at radius 1 is 1.19 bits per heavy atom. The highest BCUT2D eigenvalue weighted by Crippen LogP contribution is 2.20. The molecule has 1 heterocycles. The van der Waals surface area contributed by atoms with E-state index in [0.717, 1.165) is 11.1 Å². The van der Waals surface area contributed by atoms with Crippen LogP contribution in [-0.2, 0) is 0 Å². The highest BCUT2D eigenvalue weighted by atomic mass is 16.4. The minimum atomic E-state index is -0.973. The Hall–Kier alpha value is -2.89. The molecule has 0 aliphatic carbocycles. The fourth-order valence-electron chi connectivity index (χ4n) is 1.79. The van der Waals surface area contributed by atoms with Gasteiger partial charge < -0.3 is 10.4 Å². The second-order valence-electron chi connectivity index (χ2n) is 4.30. The van der Waals surface area contributed by atoms with E-state index in [9.17, 15) is 9.59 Å². The number of rotatable bonds is 4. The molecule has 0 atom stereocenters. The van der Waals surface area contributed by atoms with Crippen LogP contribution in [0.3, 0.4) is 0 Å². The molecular weight excluding hydrogens is 270 g/mol. The van der Waals surface area contributed by atoms with Gasteiger partial charge in [-0.25, -0.2) is 14.6 Å². The Morgan fingerprint density at radius 3 is 2.62 bits per heavy atom. The molecule has 0 aliphatic heterocycles. The van der Waals surface area contributed by atoms with Crippen molar-refractivity contribution in [2.45, 2.75) is 6.92 Å². The second-order valence-corrected chi connectivity index (χ2v) is 4.30. The van der Waals surface area contributed by atoms with E-state index < -0.39 is 5.97 Å². The fourth-order valence-corrected chi connectivity index (χ4v) is 1.79. The van der Waals surface area contributed by atoms with Crippen molar-refractivity contribution in [3.05, 3.63) is 48.2 Å². The Morgan fingerprint density at radius 2 is 2.00 bits per heavy atom. The summed E-state index contributed by atoms with van der Waals surface area (Å²) in [7, 11) is 0. The summed E-state index contributed by atoms with van der Waals surface area (Å²) < 4.78 is 0. The fraction of sp³-hybridized carbons (Fsp3) is 0.133. The predicted octanol–water partition coefficient (Wildman–Crippen LogP) is 2.59. The predicted molar refractivity (Wildman–Crippen MR) is 79.3 cm³/mol. The number of hydrogen-bond acceptors (Lipinski definition) is 3. The second kappa shape index (κ2) is 6.51. The topological polar surface area (TPSA) is 91.3 Å². The summed E-state index contributed by atoms with van der Waals surface area (Å²) in [4.78, 5) is 26.4.